The van der Waals surface area contributed by atoms with Gasteiger partial charge in [0.05, 0.1) is 6.54 Å². The van der Waals surface area contributed by atoms with Crippen LogP contribution in [0, 0.1) is 41.8 Å². The summed E-state index contributed by atoms with van der Waals surface area (Å²) in [5.74, 6) is -17.9. The van der Waals surface area contributed by atoms with Crippen molar-refractivity contribution in [3.05, 3.63) is 58.6 Å². The number of aromatic nitrogens is 2. The number of carbonyl (C=O) groups is 1. The van der Waals surface area contributed by atoms with Gasteiger partial charge in [0.2, 0.25) is 34.8 Å². The second kappa shape index (κ2) is 9.00. The van der Waals surface area contributed by atoms with Crippen LogP contribution in [-0.2, 0) is 10.1 Å². The van der Waals surface area contributed by atoms with Crippen LogP contribution in [0.1, 0.15) is 16.3 Å². The van der Waals surface area contributed by atoms with E-state index >= 15 is 0 Å². The average molecular weight is 515 g/mol. The van der Waals surface area contributed by atoms with Gasteiger partial charge in [-0.15, -0.1) is 0 Å². The Morgan fingerprint density at radius 1 is 0.971 bits per heavy atom. The van der Waals surface area contributed by atoms with Gasteiger partial charge in [0.15, 0.2) is 5.82 Å². The second-order valence-corrected chi connectivity index (χ2v) is 8.00. The molecule has 7 nitrogen and oxygen atoms in total. The lowest BCUT2D eigenvalue weighted by Gasteiger charge is -2.12. The minimum Gasteiger partial charge on any atom is -0.372 e. The summed E-state index contributed by atoms with van der Waals surface area (Å²) in [6.07, 6.45) is -2.97. The third kappa shape index (κ3) is 4.57. The third-order valence-electron chi connectivity index (χ3n) is 4.12. The number of fused-ring (bicyclic) bond motifs is 1. The van der Waals surface area contributed by atoms with Crippen LogP contribution in [0.4, 0.5) is 35.1 Å². The first-order chi connectivity index (χ1) is 15.7. The minimum absolute atomic E-state index is 0.207. The van der Waals surface area contributed by atoms with E-state index in [0.29, 0.717) is 6.07 Å². The van der Waals surface area contributed by atoms with Crippen LogP contribution >= 0.6 is 0 Å². The number of rotatable bonds is 6. The molecule has 0 spiro atoms. The molecular weight excluding hydrogens is 506 g/mol. The van der Waals surface area contributed by atoms with E-state index in [1.807, 2.05) is 0 Å². The van der Waals surface area contributed by atoms with Crippen molar-refractivity contribution < 1.29 is 52.5 Å². The van der Waals surface area contributed by atoms with E-state index in [1.165, 1.54) is 6.92 Å². The number of nitrogens with one attached hydrogen (secondary N) is 1. The Hall–Kier alpha value is -3.56. The lowest BCUT2D eigenvalue weighted by molar-refractivity contribution is 0.0888. The zero-order valence-corrected chi connectivity index (χ0v) is 17.2. The summed E-state index contributed by atoms with van der Waals surface area (Å²) in [5.41, 5.74) is -1.37. The first-order valence-corrected chi connectivity index (χ1v) is 10.2. The topological polar surface area (TPSA) is 98.2 Å². The quantitative estimate of drug-likeness (QED) is 0.234. The summed E-state index contributed by atoms with van der Waals surface area (Å²) in [7, 11) is -5.48. The van der Waals surface area contributed by atoms with Crippen molar-refractivity contribution >= 4 is 26.9 Å². The van der Waals surface area contributed by atoms with Crippen molar-refractivity contribution in [3.8, 4) is 5.75 Å². The maximum atomic E-state index is 14.6. The molecule has 34 heavy (non-hydrogen) atoms. The monoisotopic (exact) mass is 515 g/mol. The molecule has 1 aromatic heterocycles. The van der Waals surface area contributed by atoms with E-state index in [-0.39, 0.29) is 11.9 Å². The van der Waals surface area contributed by atoms with Crippen molar-refractivity contribution in [1.29, 1.82) is 0 Å². The fourth-order valence-electron chi connectivity index (χ4n) is 2.66. The highest BCUT2D eigenvalue weighted by Gasteiger charge is 2.32. The molecule has 3 aromatic rings. The van der Waals surface area contributed by atoms with Gasteiger partial charge < -0.3 is 9.50 Å². The van der Waals surface area contributed by atoms with Crippen LogP contribution < -0.4 is 9.50 Å². The number of amides is 1. The molecule has 3 rings (SSSR count). The van der Waals surface area contributed by atoms with Crippen molar-refractivity contribution in [3.63, 3.8) is 0 Å². The third-order valence-corrected chi connectivity index (χ3v) is 5.32. The number of aryl methyl sites for hydroxylation is 1. The zero-order valence-electron chi connectivity index (χ0n) is 16.4. The van der Waals surface area contributed by atoms with Gasteiger partial charge in [0, 0.05) is 5.39 Å². The molecule has 0 aliphatic heterocycles. The fourth-order valence-corrected chi connectivity index (χ4v) is 3.64. The highest BCUT2D eigenvalue weighted by Crippen LogP contribution is 2.32. The van der Waals surface area contributed by atoms with Crippen LogP contribution in [0.2, 0.25) is 0 Å². The van der Waals surface area contributed by atoms with E-state index in [1.54, 1.807) is 5.32 Å². The molecule has 0 saturated carbocycles. The summed E-state index contributed by atoms with van der Waals surface area (Å²) in [4.78, 5) is 18.3. The molecule has 0 unspecified atom stereocenters. The maximum absolute atomic E-state index is 14.6. The van der Waals surface area contributed by atoms with Gasteiger partial charge in [-0.1, -0.05) is 0 Å². The van der Waals surface area contributed by atoms with Crippen molar-refractivity contribution in [1.82, 2.24) is 15.3 Å². The number of hydrogen-bond donors (Lipinski definition) is 1. The standard InChI is InChI=1S/C18H9F8N3O4S/c1-5-28-15-7(16(29-5)18(30)27-4-9(20)21)2-6(3-8(15)19)34(31,32)33-17-13(25)11(23)10(22)12(24)14(17)26/h2-3,9H,4H2,1H3,(H,27,30). The Balaban J connectivity index is 2.16. The van der Waals surface area contributed by atoms with Gasteiger partial charge in [-0.25, -0.2) is 36.3 Å². The fraction of sp³-hybridized carbons (Fsp3) is 0.167. The molecule has 1 amide bonds. The van der Waals surface area contributed by atoms with Crippen LogP contribution in [0.5, 0.6) is 5.75 Å². The normalized spacial score (nSPS) is 11.8. The van der Waals surface area contributed by atoms with Crippen molar-refractivity contribution in [2.24, 2.45) is 0 Å². The van der Waals surface area contributed by atoms with Gasteiger partial charge in [-0.05, 0) is 19.1 Å². The molecule has 0 aliphatic carbocycles. The maximum Gasteiger partial charge on any atom is 0.339 e. The Kier molecular flexibility index (Phi) is 6.64. The number of carbonyl (C=O) groups excluding carboxylic acids is 1. The minimum atomic E-state index is -5.48. The lowest BCUT2D eigenvalue weighted by atomic mass is 10.1. The van der Waals surface area contributed by atoms with Crippen molar-refractivity contribution in [2.45, 2.75) is 18.2 Å². The molecule has 0 fully saturated rings. The number of nitrogens with zero attached hydrogens (tertiary/aromatic N) is 2. The summed E-state index contributed by atoms with van der Waals surface area (Å²) in [5, 5.41) is 1.13. The van der Waals surface area contributed by atoms with Crippen LogP contribution in [-0.4, -0.2) is 37.3 Å². The van der Waals surface area contributed by atoms with Crippen molar-refractivity contribution in [2.75, 3.05) is 6.54 Å². The predicted octanol–water partition coefficient (Wildman–Crippen LogP) is 3.54. The Labute approximate surface area is 184 Å². The Morgan fingerprint density at radius 2 is 1.53 bits per heavy atom. The first kappa shape index (κ1) is 25.1. The number of benzene rings is 2. The van der Waals surface area contributed by atoms with Crippen LogP contribution in [0.15, 0.2) is 17.0 Å². The number of alkyl halides is 2. The number of halogens is 8. The lowest BCUT2D eigenvalue weighted by Crippen LogP contribution is -2.29. The average Bonchev–Trinajstić information content (AvgIpc) is 2.77. The number of hydrogen-bond acceptors (Lipinski definition) is 6. The molecular formula is C18H9F8N3O4S. The zero-order chi connectivity index (χ0) is 25.5. The van der Waals surface area contributed by atoms with E-state index < -0.39 is 91.1 Å². The summed E-state index contributed by atoms with van der Waals surface area (Å²) in [6, 6.07) is 0.730. The molecule has 16 heteroatoms. The first-order valence-electron chi connectivity index (χ1n) is 8.74. The van der Waals surface area contributed by atoms with Gasteiger partial charge in [-0.2, -0.15) is 17.2 Å². The highest BCUT2D eigenvalue weighted by molar-refractivity contribution is 7.87. The molecule has 2 aromatic carbocycles. The summed E-state index contributed by atoms with van der Waals surface area (Å²) in [6.45, 7) is 0.0763. The summed E-state index contributed by atoms with van der Waals surface area (Å²) >= 11 is 0. The van der Waals surface area contributed by atoms with Crippen LogP contribution in [0.25, 0.3) is 10.9 Å². The SMILES string of the molecule is Cc1nc(C(=O)NCC(F)F)c2cc(S(=O)(=O)Oc3c(F)c(F)c(F)c(F)c3F)cc(F)c2n1. The van der Waals surface area contributed by atoms with Gasteiger partial charge >= 0.3 is 10.1 Å². The Bertz CT molecular complexity index is 1400. The van der Waals surface area contributed by atoms with Gasteiger partial charge in [0.25, 0.3) is 12.3 Å². The molecule has 1 heterocycles. The van der Waals surface area contributed by atoms with Gasteiger partial charge in [0.1, 0.15) is 21.9 Å². The van der Waals surface area contributed by atoms with E-state index in [2.05, 4.69) is 14.2 Å². The molecule has 0 bridgehead atoms. The van der Waals surface area contributed by atoms with Crippen LogP contribution in [0.3, 0.4) is 0 Å². The highest BCUT2D eigenvalue weighted by atomic mass is 32.2. The predicted molar refractivity (Wildman–Crippen MR) is 96.6 cm³/mol. The molecule has 0 radical (unpaired) electrons. The molecule has 1 N–H and O–H groups in total. The van der Waals surface area contributed by atoms with Gasteiger partial charge in [-0.3, -0.25) is 4.79 Å². The smallest absolute Gasteiger partial charge is 0.339 e. The largest absolute Gasteiger partial charge is 0.372 e. The molecule has 0 atom stereocenters. The second-order valence-electron chi connectivity index (χ2n) is 6.46. The Morgan fingerprint density at radius 3 is 2.09 bits per heavy atom. The molecule has 0 aliphatic rings. The van der Waals surface area contributed by atoms with E-state index in [0.717, 1.165) is 0 Å². The molecule has 0 saturated heterocycles. The van der Waals surface area contributed by atoms with E-state index in [4.69, 9.17) is 0 Å². The van der Waals surface area contributed by atoms with E-state index in [9.17, 15) is 48.3 Å². The molecule has 182 valence electrons. The summed E-state index contributed by atoms with van der Waals surface area (Å²) < 4.78 is 136.